The van der Waals surface area contributed by atoms with Gasteiger partial charge in [-0.2, -0.15) is 0 Å². The molecule has 22 heavy (non-hydrogen) atoms. The van der Waals surface area contributed by atoms with Crippen molar-refractivity contribution in [3.05, 3.63) is 64.7 Å². The quantitative estimate of drug-likeness (QED) is 0.647. The second-order valence-corrected chi connectivity index (χ2v) is 5.46. The summed E-state index contributed by atoms with van der Waals surface area (Å²) in [7, 11) is 1.38. The van der Waals surface area contributed by atoms with Crippen LogP contribution in [0.1, 0.15) is 15.9 Å². The Bertz CT molecular complexity index is 857. The SMILES string of the molecule is COC(=O)c1cc(-c2ccc(Cl)cc2)nc2c(C)cccc12. The van der Waals surface area contributed by atoms with E-state index in [2.05, 4.69) is 0 Å². The van der Waals surface area contributed by atoms with E-state index in [-0.39, 0.29) is 5.97 Å². The minimum atomic E-state index is -0.367. The third-order valence-electron chi connectivity index (χ3n) is 3.59. The van der Waals surface area contributed by atoms with Gasteiger partial charge in [0.1, 0.15) is 0 Å². The predicted molar refractivity (Wildman–Crippen MR) is 88.3 cm³/mol. The van der Waals surface area contributed by atoms with Crippen LogP contribution in [0.4, 0.5) is 0 Å². The molecule has 0 spiro atoms. The van der Waals surface area contributed by atoms with Crippen LogP contribution < -0.4 is 0 Å². The van der Waals surface area contributed by atoms with Crippen molar-refractivity contribution in [1.82, 2.24) is 4.98 Å². The monoisotopic (exact) mass is 311 g/mol. The number of fused-ring (bicyclic) bond motifs is 1. The molecular formula is C18H14ClNO2. The van der Waals surface area contributed by atoms with Gasteiger partial charge in [0.05, 0.1) is 23.9 Å². The van der Waals surface area contributed by atoms with Crippen LogP contribution in [0.15, 0.2) is 48.5 Å². The minimum Gasteiger partial charge on any atom is -0.465 e. The number of benzene rings is 2. The van der Waals surface area contributed by atoms with Crippen molar-refractivity contribution in [3.63, 3.8) is 0 Å². The Hall–Kier alpha value is -2.39. The van der Waals surface area contributed by atoms with Gasteiger partial charge in [-0.25, -0.2) is 9.78 Å². The zero-order chi connectivity index (χ0) is 15.7. The van der Waals surface area contributed by atoms with Crippen LogP contribution in [0.3, 0.4) is 0 Å². The van der Waals surface area contributed by atoms with Gasteiger partial charge < -0.3 is 4.74 Å². The van der Waals surface area contributed by atoms with Crippen molar-refractivity contribution in [3.8, 4) is 11.3 Å². The number of carbonyl (C=O) groups excluding carboxylic acids is 1. The average molecular weight is 312 g/mol. The number of aryl methyl sites for hydroxylation is 1. The minimum absolute atomic E-state index is 0.367. The number of hydrogen-bond donors (Lipinski definition) is 0. The highest BCUT2D eigenvalue weighted by molar-refractivity contribution is 6.30. The summed E-state index contributed by atoms with van der Waals surface area (Å²) < 4.78 is 4.91. The maximum Gasteiger partial charge on any atom is 0.338 e. The van der Waals surface area contributed by atoms with E-state index in [1.807, 2.05) is 37.3 Å². The van der Waals surface area contributed by atoms with Crippen molar-refractivity contribution in [1.29, 1.82) is 0 Å². The molecule has 0 aliphatic rings. The van der Waals surface area contributed by atoms with E-state index in [0.717, 1.165) is 27.7 Å². The summed E-state index contributed by atoms with van der Waals surface area (Å²) in [6.07, 6.45) is 0. The first-order valence-corrected chi connectivity index (χ1v) is 7.22. The van der Waals surface area contributed by atoms with Crippen LogP contribution in [-0.4, -0.2) is 18.1 Å². The third kappa shape index (κ3) is 2.55. The first-order valence-electron chi connectivity index (χ1n) is 6.85. The predicted octanol–water partition coefficient (Wildman–Crippen LogP) is 4.65. The largest absolute Gasteiger partial charge is 0.465 e. The standard InChI is InChI=1S/C18H14ClNO2/c1-11-4-3-5-14-15(18(21)22-2)10-16(20-17(11)14)12-6-8-13(19)9-7-12/h3-10H,1-2H3. The molecule has 0 atom stereocenters. The van der Waals surface area contributed by atoms with E-state index < -0.39 is 0 Å². The van der Waals surface area contributed by atoms with Crippen molar-refractivity contribution in [2.24, 2.45) is 0 Å². The van der Waals surface area contributed by atoms with Gasteiger partial charge in [-0.1, -0.05) is 41.9 Å². The Morgan fingerprint density at radius 3 is 2.55 bits per heavy atom. The number of para-hydroxylation sites is 1. The van der Waals surface area contributed by atoms with Gasteiger partial charge in [0, 0.05) is 16.0 Å². The lowest BCUT2D eigenvalue weighted by atomic mass is 10.0. The molecule has 0 aliphatic carbocycles. The summed E-state index contributed by atoms with van der Waals surface area (Å²) in [6.45, 7) is 1.97. The maximum atomic E-state index is 12.1. The number of ether oxygens (including phenoxy) is 1. The van der Waals surface area contributed by atoms with Crippen LogP contribution in [-0.2, 0) is 4.74 Å². The molecular weight excluding hydrogens is 298 g/mol. The van der Waals surface area contributed by atoms with Crippen LogP contribution in [0.5, 0.6) is 0 Å². The Balaban J connectivity index is 2.30. The molecule has 1 aromatic heterocycles. The van der Waals surface area contributed by atoms with Crippen molar-refractivity contribution < 1.29 is 9.53 Å². The van der Waals surface area contributed by atoms with E-state index in [0.29, 0.717) is 10.6 Å². The smallest absolute Gasteiger partial charge is 0.338 e. The molecule has 0 bridgehead atoms. The molecule has 0 amide bonds. The number of pyridine rings is 1. The molecule has 3 nitrogen and oxygen atoms in total. The highest BCUT2D eigenvalue weighted by Gasteiger charge is 2.15. The van der Waals surface area contributed by atoms with Gasteiger partial charge in [0.25, 0.3) is 0 Å². The summed E-state index contributed by atoms with van der Waals surface area (Å²) in [5.74, 6) is -0.367. The lowest BCUT2D eigenvalue weighted by Gasteiger charge is -2.10. The molecule has 0 N–H and O–H groups in total. The highest BCUT2D eigenvalue weighted by Crippen LogP contribution is 2.27. The van der Waals surface area contributed by atoms with E-state index in [4.69, 9.17) is 21.3 Å². The van der Waals surface area contributed by atoms with Crippen LogP contribution >= 0.6 is 11.6 Å². The Morgan fingerprint density at radius 2 is 1.86 bits per heavy atom. The number of carbonyl (C=O) groups is 1. The summed E-state index contributed by atoms with van der Waals surface area (Å²) in [5, 5.41) is 1.46. The number of esters is 1. The topological polar surface area (TPSA) is 39.2 Å². The summed E-state index contributed by atoms with van der Waals surface area (Å²) in [6, 6.07) is 14.9. The number of methoxy groups -OCH3 is 1. The summed E-state index contributed by atoms with van der Waals surface area (Å²) in [5.41, 5.74) is 3.95. The molecule has 110 valence electrons. The first-order chi connectivity index (χ1) is 10.6. The fourth-order valence-electron chi connectivity index (χ4n) is 2.44. The summed E-state index contributed by atoms with van der Waals surface area (Å²) >= 11 is 5.93. The van der Waals surface area contributed by atoms with E-state index in [1.165, 1.54) is 7.11 Å². The number of nitrogens with zero attached hydrogens (tertiary/aromatic N) is 1. The highest BCUT2D eigenvalue weighted by atomic mass is 35.5. The lowest BCUT2D eigenvalue weighted by Crippen LogP contribution is -2.04. The molecule has 0 unspecified atom stereocenters. The summed E-state index contributed by atoms with van der Waals surface area (Å²) in [4.78, 5) is 16.8. The van der Waals surface area contributed by atoms with Crippen LogP contribution in [0.2, 0.25) is 5.02 Å². The Labute approximate surface area is 133 Å². The van der Waals surface area contributed by atoms with Gasteiger partial charge in [-0.3, -0.25) is 0 Å². The van der Waals surface area contributed by atoms with Gasteiger partial charge in [0.15, 0.2) is 0 Å². The molecule has 0 fully saturated rings. The molecule has 3 aromatic rings. The van der Waals surface area contributed by atoms with Gasteiger partial charge >= 0.3 is 5.97 Å². The molecule has 0 saturated heterocycles. The average Bonchev–Trinajstić information content (AvgIpc) is 2.54. The Kier molecular flexibility index (Phi) is 3.82. The van der Waals surface area contributed by atoms with Gasteiger partial charge in [-0.15, -0.1) is 0 Å². The molecule has 4 heteroatoms. The van der Waals surface area contributed by atoms with E-state index in [9.17, 15) is 4.79 Å². The first kappa shape index (κ1) is 14.5. The molecule has 0 aliphatic heterocycles. The zero-order valence-corrected chi connectivity index (χ0v) is 13.0. The fourth-order valence-corrected chi connectivity index (χ4v) is 2.57. The zero-order valence-electron chi connectivity index (χ0n) is 12.3. The normalized spacial score (nSPS) is 10.7. The number of aromatic nitrogens is 1. The number of hydrogen-bond acceptors (Lipinski definition) is 3. The Morgan fingerprint density at radius 1 is 1.14 bits per heavy atom. The van der Waals surface area contributed by atoms with Gasteiger partial charge in [0.2, 0.25) is 0 Å². The van der Waals surface area contributed by atoms with Crippen molar-refractivity contribution in [2.75, 3.05) is 7.11 Å². The van der Waals surface area contributed by atoms with Crippen LogP contribution in [0, 0.1) is 6.92 Å². The second kappa shape index (κ2) is 5.78. The second-order valence-electron chi connectivity index (χ2n) is 5.02. The molecule has 2 aromatic carbocycles. The van der Waals surface area contributed by atoms with Crippen molar-refractivity contribution in [2.45, 2.75) is 6.92 Å². The van der Waals surface area contributed by atoms with Crippen molar-refractivity contribution >= 4 is 28.5 Å². The lowest BCUT2D eigenvalue weighted by molar-refractivity contribution is 0.0603. The van der Waals surface area contributed by atoms with E-state index in [1.54, 1.807) is 18.2 Å². The molecule has 3 rings (SSSR count). The maximum absolute atomic E-state index is 12.1. The number of rotatable bonds is 2. The molecule has 0 radical (unpaired) electrons. The van der Waals surface area contributed by atoms with Gasteiger partial charge in [-0.05, 0) is 30.7 Å². The molecule has 0 saturated carbocycles. The molecule has 1 heterocycles. The van der Waals surface area contributed by atoms with Crippen LogP contribution in [0.25, 0.3) is 22.2 Å². The van der Waals surface area contributed by atoms with E-state index >= 15 is 0 Å². The fraction of sp³-hybridized carbons (Fsp3) is 0.111. The third-order valence-corrected chi connectivity index (χ3v) is 3.84. The number of halogens is 1.